The molecule has 1 heterocycles. The van der Waals surface area contributed by atoms with Gasteiger partial charge in [0.15, 0.2) is 0 Å². The van der Waals surface area contributed by atoms with E-state index in [0.29, 0.717) is 10.5 Å². The summed E-state index contributed by atoms with van der Waals surface area (Å²) in [4.78, 5) is 0. The molecule has 0 aromatic carbocycles. The van der Waals surface area contributed by atoms with Crippen LogP contribution in [0.3, 0.4) is 0 Å². The van der Waals surface area contributed by atoms with Crippen LogP contribution < -0.4 is 0 Å². The van der Waals surface area contributed by atoms with Gasteiger partial charge in [0.2, 0.25) is 0 Å². The first-order valence-corrected chi connectivity index (χ1v) is 4.60. The Morgan fingerprint density at radius 3 is 2.56 bits per heavy atom. The fourth-order valence-electron chi connectivity index (χ4n) is 0.656. The van der Waals surface area contributed by atoms with Crippen LogP contribution in [0.5, 0.6) is 0 Å². The summed E-state index contributed by atoms with van der Waals surface area (Å²) in [5, 5.41) is 4.50. The van der Waals surface area contributed by atoms with Gasteiger partial charge in [0.25, 0.3) is 0 Å². The molecule has 0 amide bonds. The highest BCUT2D eigenvalue weighted by atomic mass is 32.2. The topological polar surface area (TPSA) is 0 Å². The van der Waals surface area contributed by atoms with Crippen molar-refractivity contribution in [2.75, 3.05) is 0 Å². The summed E-state index contributed by atoms with van der Waals surface area (Å²) in [6, 6.07) is 4.24. The third-order valence-corrected chi connectivity index (χ3v) is 2.73. The first kappa shape index (κ1) is 6.56. The maximum absolute atomic E-state index is 2.25. The molecule has 0 saturated carbocycles. The molecule has 9 heavy (non-hydrogen) atoms. The van der Waals surface area contributed by atoms with Crippen molar-refractivity contribution in [1.82, 2.24) is 0 Å². The second kappa shape index (κ2) is 3.46. The average Bonchev–Trinajstić information content (AvgIpc) is 2.34. The van der Waals surface area contributed by atoms with Gasteiger partial charge in [0.05, 0.1) is 0 Å². The zero-order valence-electron chi connectivity index (χ0n) is 5.58. The normalized spacial score (nSPS) is 10.8. The monoisotopic (exact) mass is 139 g/mol. The lowest BCUT2D eigenvalue weighted by Gasteiger charge is -1.75. The van der Waals surface area contributed by atoms with Crippen molar-refractivity contribution in [3.8, 4) is 0 Å². The third kappa shape index (κ3) is 2.02. The lowest BCUT2D eigenvalue weighted by Crippen LogP contribution is -1.58. The predicted octanol–water partition coefficient (Wildman–Crippen LogP) is 3.01. The van der Waals surface area contributed by atoms with Gasteiger partial charge in [-0.3, -0.25) is 0 Å². The van der Waals surface area contributed by atoms with E-state index in [-0.39, 0.29) is 0 Å². The highest BCUT2D eigenvalue weighted by Gasteiger charge is 1.94. The Balaban J connectivity index is 2.48. The zero-order valence-corrected chi connectivity index (χ0v) is 6.40. The Labute approximate surface area is 58.8 Å². The molecule has 0 N–H and O–H groups in total. The lowest BCUT2D eigenvalue weighted by atomic mass is 10.6. The van der Waals surface area contributed by atoms with Gasteiger partial charge in [-0.2, -0.15) is 0 Å². The van der Waals surface area contributed by atoms with E-state index in [0.717, 1.165) is 0 Å². The van der Waals surface area contributed by atoms with E-state index in [9.17, 15) is 0 Å². The van der Waals surface area contributed by atoms with Crippen molar-refractivity contribution >= 4 is 10.5 Å². The van der Waals surface area contributed by atoms with Crippen LogP contribution >= 0.6 is 10.5 Å². The van der Waals surface area contributed by atoms with Gasteiger partial charge in [-0.25, -0.2) is 0 Å². The summed E-state index contributed by atoms with van der Waals surface area (Å²) < 4.78 is 0. The van der Waals surface area contributed by atoms with Gasteiger partial charge in [0.1, 0.15) is 16.5 Å². The van der Waals surface area contributed by atoms with Crippen LogP contribution in [0, 0.1) is 0 Å². The molecule has 0 aliphatic carbocycles. The Morgan fingerprint density at radius 1 is 1.33 bits per heavy atom. The zero-order chi connectivity index (χ0) is 6.53. The van der Waals surface area contributed by atoms with Gasteiger partial charge in [-0.1, -0.05) is 6.08 Å². The standard InChI is InChI=1S/C8H11S/c1-2-3-6-9-7-4-5-8-9/h2-5,7-8H,6H2,1H3/q+1/b3-2+. The molecule has 0 unspecified atom stereocenters. The summed E-state index contributed by atoms with van der Waals surface area (Å²) in [5.41, 5.74) is 0. The number of thiophene rings is 1. The second-order valence-corrected chi connectivity index (χ2v) is 3.68. The SMILES string of the molecule is C/C=C/C[s+]1cccc1. The molecule has 1 heteroatoms. The minimum Gasteiger partial charge on any atom is -0.0866 e. The average molecular weight is 139 g/mol. The van der Waals surface area contributed by atoms with Crippen LogP contribution in [-0.4, -0.2) is 0 Å². The molecule has 0 aliphatic rings. The maximum atomic E-state index is 2.25. The molecule has 1 aromatic rings. The molecular weight excluding hydrogens is 128 g/mol. The molecule has 0 saturated heterocycles. The van der Waals surface area contributed by atoms with Crippen molar-refractivity contribution in [3.05, 3.63) is 35.0 Å². The van der Waals surface area contributed by atoms with Crippen molar-refractivity contribution < 1.29 is 0 Å². The largest absolute Gasteiger partial charge is 0.145 e. The van der Waals surface area contributed by atoms with Crippen LogP contribution in [0.4, 0.5) is 0 Å². The molecular formula is C8H11S+. The van der Waals surface area contributed by atoms with E-state index in [1.54, 1.807) is 0 Å². The maximum Gasteiger partial charge on any atom is 0.145 e. The van der Waals surface area contributed by atoms with Crippen LogP contribution in [0.25, 0.3) is 0 Å². The van der Waals surface area contributed by atoms with Crippen LogP contribution in [0.15, 0.2) is 35.0 Å². The molecule has 0 fully saturated rings. The third-order valence-electron chi connectivity index (χ3n) is 1.14. The molecule has 0 radical (unpaired) electrons. The first-order valence-electron chi connectivity index (χ1n) is 3.08. The first-order chi connectivity index (χ1) is 4.43. The Hall–Kier alpha value is -0.560. The van der Waals surface area contributed by atoms with Crippen LogP contribution in [0.2, 0.25) is 0 Å². The Bertz CT molecular complexity index is 172. The minimum absolute atomic E-state index is 0.425. The number of hydrogen-bond acceptors (Lipinski definition) is 0. The van der Waals surface area contributed by atoms with Crippen molar-refractivity contribution in [3.63, 3.8) is 0 Å². The highest BCUT2D eigenvalue weighted by molar-refractivity contribution is 7.27. The Morgan fingerprint density at radius 2 is 2.00 bits per heavy atom. The summed E-state index contributed by atoms with van der Waals surface area (Å²) in [6.45, 7) is 2.06. The molecule has 0 spiro atoms. The van der Waals surface area contributed by atoms with E-state index < -0.39 is 0 Å². The fourth-order valence-corrected chi connectivity index (χ4v) is 1.97. The van der Waals surface area contributed by atoms with Crippen LogP contribution in [-0.2, 0) is 5.75 Å². The van der Waals surface area contributed by atoms with Gasteiger partial charge in [0, 0.05) is 0 Å². The summed E-state index contributed by atoms with van der Waals surface area (Å²) in [6.07, 6.45) is 4.32. The summed E-state index contributed by atoms with van der Waals surface area (Å²) in [5.74, 6) is 1.18. The molecule has 48 valence electrons. The molecule has 1 rings (SSSR count). The molecule has 0 atom stereocenters. The lowest BCUT2D eigenvalue weighted by molar-refractivity contribution is 1.55. The molecule has 1 aromatic heterocycles. The smallest absolute Gasteiger partial charge is 0.0866 e. The Kier molecular flexibility index (Phi) is 2.52. The van der Waals surface area contributed by atoms with Crippen molar-refractivity contribution in [1.29, 1.82) is 0 Å². The fraction of sp³-hybridized carbons (Fsp3) is 0.250. The summed E-state index contributed by atoms with van der Waals surface area (Å²) in [7, 11) is 0.425. The van der Waals surface area contributed by atoms with Gasteiger partial charge in [-0.15, -0.1) is 0 Å². The highest BCUT2D eigenvalue weighted by Crippen LogP contribution is 2.17. The molecule has 0 aliphatic heterocycles. The van der Waals surface area contributed by atoms with Crippen molar-refractivity contribution in [2.45, 2.75) is 12.7 Å². The molecule has 0 bridgehead atoms. The van der Waals surface area contributed by atoms with Gasteiger partial charge in [-0.05, 0) is 35.6 Å². The number of allylic oxidation sites excluding steroid dienone is 2. The molecule has 0 nitrogen and oxygen atoms in total. The quantitative estimate of drug-likeness (QED) is 0.436. The van der Waals surface area contributed by atoms with E-state index in [1.807, 2.05) is 0 Å². The van der Waals surface area contributed by atoms with E-state index in [4.69, 9.17) is 0 Å². The predicted molar refractivity (Wildman–Crippen MR) is 43.7 cm³/mol. The second-order valence-electron chi connectivity index (χ2n) is 1.86. The van der Waals surface area contributed by atoms with E-state index >= 15 is 0 Å². The van der Waals surface area contributed by atoms with Crippen LogP contribution in [0.1, 0.15) is 6.92 Å². The minimum atomic E-state index is 0.425. The number of rotatable bonds is 2. The van der Waals surface area contributed by atoms with Gasteiger partial charge < -0.3 is 0 Å². The van der Waals surface area contributed by atoms with Gasteiger partial charge >= 0.3 is 0 Å². The summed E-state index contributed by atoms with van der Waals surface area (Å²) >= 11 is 0. The van der Waals surface area contributed by atoms with E-state index in [1.165, 1.54) is 5.75 Å². The number of hydrogen-bond donors (Lipinski definition) is 0. The van der Waals surface area contributed by atoms with Crippen molar-refractivity contribution in [2.24, 2.45) is 0 Å². The van der Waals surface area contributed by atoms with E-state index in [2.05, 4.69) is 42.0 Å².